The largest absolute Gasteiger partial charge is 0.463 e. The number of amides is 2. The molecule has 1 aromatic carbocycles. The molecule has 2 heterocycles. The summed E-state index contributed by atoms with van der Waals surface area (Å²) >= 11 is 7.16. The van der Waals surface area contributed by atoms with E-state index in [0.717, 1.165) is 23.9 Å². The zero-order valence-corrected chi connectivity index (χ0v) is 20.4. The van der Waals surface area contributed by atoms with Crippen molar-refractivity contribution in [3.63, 3.8) is 0 Å². The quantitative estimate of drug-likeness (QED) is 0.214. The Morgan fingerprint density at radius 1 is 1.33 bits per heavy atom. The number of ether oxygens (including phenoxy) is 2. The predicted molar refractivity (Wildman–Crippen MR) is 124 cm³/mol. The zero-order valence-electron chi connectivity index (χ0n) is 18.8. The summed E-state index contributed by atoms with van der Waals surface area (Å²) < 4.78 is 64.9. The fourth-order valence-electron chi connectivity index (χ4n) is 3.01. The number of aromatic nitrogens is 1. The first-order valence-electron chi connectivity index (χ1n) is 10.2. The fourth-order valence-corrected chi connectivity index (χ4v) is 4.17. The maximum absolute atomic E-state index is 14.9. The molecule has 2 aromatic rings. The van der Waals surface area contributed by atoms with Gasteiger partial charge in [-0.2, -0.15) is 13.2 Å². The number of nitrogens with two attached hydrogens (primary N) is 1. The second-order valence-corrected chi connectivity index (χ2v) is 8.65. The van der Waals surface area contributed by atoms with Gasteiger partial charge in [0.15, 0.2) is 6.10 Å². The monoisotopic (exact) mass is 546 g/mol. The van der Waals surface area contributed by atoms with Crippen LogP contribution in [0.5, 0.6) is 5.88 Å². The Labute approximate surface area is 212 Å². The van der Waals surface area contributed by atoms with E-state index in [9.17, 15) is 27.2 Å². The summed E-state index contributed by atoms with van der Waals surface area (Å²) in [4.78, 5) is 29.8. The number of halogens is 5. The van der Waals surface area contributed by atoms with E-state index in [1.54, 1.807) is 19.1 Å². The van der Waals surface area contributed by atoms with Gasteiger partial charge in [-0.05, 0) is 44.2 Å². The van der Waals surface area contributed by atoms with Gasteiger partial charge in [0.2, 0.25) is 5.88 Å². The minimum Gasteiger partial charge on any atom is -0.463 e. The first-order chi connectivity index (χ1) is 16.8. The number of hydrogen-bond donors (Lipinski definition) is 1. The van der Waals surface area contributed by atoms with Crippen molar-refractivity contribution in [3.8, 4) is 5.88 Å². The Bertz CT molecular complexity index is 1240. The summed E-state index contributed by atoms with van der Waals surface area (Å²) in [5, 5.41) is -0.208. The summed E-state index contributed by atoms with van der Waals surface area (Å²) in [7, 11) is 0. The van der Waals surface area contributed by atoms with Gasteiger partial charge in [0, 0.05) is 16.8 Å². The lowest BCUT2D eigenvalue weighted by atomic mass is 10.2. The Balaban J connectivity index is 1.97. The topological polar surface area (TPSA) is 98.0 Å². The molecule has 0 fully saturated rings. The van der Waals surface area contributed by atoms with Gasteiger partial charge in [-0.3, -0.25) is 4.90 Å². The van der Waals surface area contributed by atoms with Gasteiger partial charge in [0.25, 0.3) is 0 Å². The normalized spacial score (nSPS) is 15.1. The minimum absolute atomic E-state index is 0.0503. The van der Waals surface area contributed by atoms with Crippen molar-refractivity contribution in [2.75, 3.05) is 11.5 Å². The van der Waals surface area contributed by atoms with Gasteiger partial charge >= 0.3 is 18.2 Å². The van der Waals surface area contributed by atoms with Crippen LogP contribution in [0.15, 0.2) is 64.3 Å². The predicted octanol–water partition coefficient (Wildman–Crippen LogP) is 5.43. The van der Waals surface area contributed by atoms with Gasteiger partial charge in [0.05, 0.1) is 22.2 Å². The van der Waals surface area contributed by atoms with Crippen LogP contribution >= 0.6 is 23.4 Å². The molecule has 0 spiro atoms. The fraction of sp³-hybridized carbons (Fsp3) is 0.227. The highest BCUT2D eigenvalue weighted by atomic mass is 35.5. The first kappa shape index (κ1) is 27.3. The van der Waals surface area contributed by atoms with Gasteiger partial charge in [-0.1, -0.05) is 29.9 Å². The van der Waals surface area contributed by atoms with E-state index in [-0.39, 0.29) is 27.4 Å². The van der Waals surface area contributed by atoms with Crippen molar-refractivity contribution in [2.45, 2.75) is 35.9 Å². The number of carbonyl (C=O) groups excluding carboxylic acids is 2. The van der Waals surface area contributed by atoms with E-state index in [1.165, 1.54) is 13.1 Å². The third-order valence-corrected chi connectivity index (χ3v) is 6.16. The van der Waals surface area contributed by atoms with Crippen LogP contribution in [0.2, 0.25) is 5.02 Å². The summed E-state index contributed by atoms with van der Waals surface area (Å²) in [5.41, 5.74) is -2.35. The van der Waals surface area contributed by atoms with E-state index in [2.05, 4.69) is 11.6 Å². The molecule has 14 heteroatoms. The number of hydrogen-bond acceptors (Lipinski definition) is 7. The molecular formula is C22H19ClF4N4O4S. The third kappa shape index (κ3) is 5.74. The molecule has 1 aliphatic rings. The standard InChI is InChI=1S/C22H19ClF4N4O4S/c1-4-34-20(32)12(3)35-19-16(6-5-7-29-19)36-17-10-15(14(24)9-13(17)23)30-11(2)8-18(22(25,26)27)31(28)21(30)33/h5-10,12H,2,4,28H2,1,3H3. The van der Waals surface area contributed by atoms with E-state index in [0.29, 0.717) is 15.9 Å². The van der Waals surface area contributed by atoms with Crippen LogP contribution in [0.1, 0.15) is 13.8 Å². The SMILES string of the molecule is C=C1C=C(C(F)(F)F)N(N)C(=O)N1c1cc(Sc2cccnc2OC(C)C(=O)OCC)c(Cl)cc1F. The lowest BCUT2D eigenvalue weighted by molar-refractivity contribution is -0.150. The van der Waals surface area contributed by atoms with Crippen LogP contribution in [0, 0.1) is 5.82 Å². The molecule has 0 saturated heterocycles. The summed E-state index contributed by atoms with van der Waals surface area (Å²) in [6.07, 6.45) is -3.98. The number of esters is 1. The van der Waals surface area contributed by atoms with E-state index < -0.39 is 47.2 Å². The molecule has 1 aromatic heterocycles. The van der Waals surface area contributed by atoms with Crippen LogP contribution in [-0.2, 0) is 9.53 Å². The van der Waals surface area contributed by atoms with Crippen LogP contribution in [0.25, 0.3) is 0 Å². The highest BCUT2D eigenvalue weighted by Crippen LogP contribution is 2.42. The molecule has 1 unspecified atom stereocenters. The number of nitrogens with zero attached hydrogens (tertiary/aromatic N) is 3. The molecule has 192 valence electrons. The minimum atomic E-state index is -4.93. The molecular weight excluding hydrogens is 528 g/mol. The summed E-state index contributed by atoms with van der Waals surface area (Å²) in [5.74, 6) is 3.78. The Morgan fingerprint density at radius 3 is 2.67 bits per heavy atom. The van der Waals surface area contributed by atoms with Gasteiger partial charge in [-0.15, -0.1) is 0 Å². The van der Waals surface area contributed by atoms with Crippen LogP contribution in [-0.4, -0.2) is 40.9 Å². The lowest BCUT2D eigenvalue weighted by Crippen LogP contribution is -2.52. The van der Waals surface area contributed by atoms with Crippen molar-refractivity contribution in [2.24, 2.45) is 5.84 Å². The number of hydrazine groups is 1. The Morgan fingerprint density at radius 2 is 2.03 bits per heavy atom. The van der Waals surface area contributed by atoms with Crippen LogP contribution in [0.4, 0.5) is 28.0 Å². The highest BCUT2D eigenvalue weighted by molar-refractivity contribution is 7.99. The van der Waals surface area contributed by atoms with Crippen molar-refractivity contribution in [1.29, 1.82) is 0 Å². The number of benzene rings is 1. The first-order valence-corrected chi connectivity index (χ1v) is 11.4. The molecule has 2 amide bonds. The van der Waals surface area contributed by atoms with Crippen LogP contribution in [0.3, 0.4) is 0 Å². The molecule has 36 heavy (non-hydrogen) atoms. The Kier molecular flexibility index (Phi) is 8.16. The number of pyridine rings is 1. The van der Waals surface area contributed by atoms with E-state index in [4.69, 9.17) is 26.9 Å². The smallest absolute Gasteiger partial charge is 0.433 e. The number of urea groups is 1. The highest BCUT2D eigenvalue weighted by Gasteiger charge is 2.44. The maximum atomic E-state index is 14.9. The second kappa shape index (κ2) is 10.8. The molecule has 0 aliphatic carbocycles. The number of carbonyl (C=O) groups is 2. The van der Waals surface area contributed by atoms with Gasteiger partial charge < -0.3 is 9.47 Å². The van der Waals surface area contributed by atoms with Crippen molar-refractivity contribution in [1.82, 2.24) is 9.99 Å². The van der Waals surface area contributed by atoms with Crippen molar-refractivity contribution < 1.29 is 36.6 Å². The molecule has 0 saturated carbocycles. The van der Waals surface area contributed by atoms with Crippen LogP contribution < -0.4 is 15.5 Å². The number of allylic oxidation sites excluding steroid dienone is 2. The van der Waals surface area contributed by atoms with Crippen molar-refractivity contribution >= 4 is 41.1 Å². The average molecular weight is 547 g/mol. The molecule has 2 N–H and O–H groups in total. The summed E-state index contributed by atoms with van der Waals surface area (Å²) in [6, 6.07) is 3.84. The number of rotatable bonds is 7. The molecule has 0 bridgehead atoms. The maximum Gasteiger partial charge on any atom is 0.433 e. The Hall–Kier alpha value is -3.29. The molecule has 0 radical (unpaired) electrons. The van der Waals surface area contributed by atoms with Gasteiger partial charge in [0.1, 0.15) is 11.5 Å². The lowest BCUT2D eigenvalue weighted by Gasteiger charge is -2.34. The zero-order chi connectivity index (χ0) is 26.8. The second-order valence-electron chi connectivity index (χ2n) is 7.16. The number of alkyl halides is 3. The molecule has 1 aliphatic heterocycles. The molecule has 3 rings (SSSR count). The molecule has 1 atom stereocenters. The van der Waals surface area contributed by atoms with Gasteiger partial charge in [-0.25, -0.2) is 29.8 Å². The molecule has 8 nitrogen and oxygen atoms in total. The average Bonchev–Trinajstić information content (AvgIpc) is 2.79. The number of anilines is 1. The summed E-state index contributed by atoms with van der Waals surface area (Å²) in [6.45, 7) is 6.72. The van der Waals surface area contributed by atoms with E-state index >= 15 is 0 Å². The van der Waals surface area contributed by atoms with E-state index in [1.807, 2.05) is 0 Å². The van der Waals surface area contributed by atoms with Crippen molar-refractivity contribution in [3.05, 3.63) is 65.4 Å². The third-order valence-electron chi connectivity index (χ3n) is 4.64.